The smallest absolute Gasteiger partial charge is 0.321 e. The van der Waals surface area contributed by atoms with E-state index in [1.54, 1.807) is 38.2 Å². The largest absolute Gasteiger partial charge is 0.326 e. The third kappa shape index (κ3) is 4.33. The summed E-state index contributed by atoms with van der Waals surface area (Å²) in [7, 11) is 1.65. The van der Waals surface area contributed by atoms with Crippen molar-refractivity contribution in [3.63, 3.8) is 0 Å². The molecule has 0 spiro atoms. The standard InChI is InChI=1S/C12H14ClN3O/c1-9(7-14)8-16(2)12(17)15-11-5-3-4-10(13)6-11/h3-6,9H,8H2,1-2H3,(H,15,17)/t9-/m0/s1. The predicted molar refractivity (Wildman–Crippen MR) is 67.9 cm³/mol. The van der Waals surface area contributed by atoms with Crippen LogP contribution in [0.4, 0.5) is 10.5 Å². The van der Waals surface area contributed by atoms with Crippen LogP contribution in [0.3, 0.4) is 0 Å². The molecule has 0 saturated heterocycles. The van der Waals surface area contributed by atoms with Crippen LogP contribution < -0.4 is 5.32 Å². The highest BCUT2D eigenvalue weighted by Gasteiger charge is 2.11. The minimum Gasteiger partial charge on any atom is -0.326 e. The highest BCUT2D eigenvalue weighted by Crippen LogP contribution is 2.15. The summed E-state index contributed by atoms with van der Waals surface area (Å²) in [6.45, 7) is 2.16. The summed E-state index contributed by atoms with van der Waals surface area (Å²) in [5.74, 6) is -0.190. The molecule has 0 saturated carbocycles. The van der Waals surface area contributed by atoms with Gasteiger partial charge in [0.1, 0.15) is 0 Å². The van der Waals surface area contributed by atoms with Gasteiger partial charge < -0.3 is 10.2 Å². The number of carbonyl (C=O) groups is 1. The van der Waals surface area contributed by atoms with Gasteiger partial charge >= 0.3 is 6.03 Å². The third-order valence-electron chi connectivity index (χ3n) is 2.19. The number of nitrogens with zero attached hydrogens (tertiary/aromatic N) is 2. The number of amides is 2. The molecule has 0 aliphatic heterocycles. The van der Waals surface area contributed by atoms with Crippen molar-refractivity contribution in [3.05, 3.63) is 29.3 Å². The van der Waals surface area contributed by atoms with Crippen LogP contribution in [0, 0.1) is 17.2 Å². The summed E-state index contributed by atoms with van der Waals surface area (Å²) in [6.07, 6.45) is 0. The number of nitrogens with one attached hydrogen (secondary N) is 1. The van der Waals surface area contributed by atoms with Crippen molar-refractivity contribution in [2.75, 3.05) is 18.9 Å². The maximum absolute atomic E-state index is 11.7. The lowest BCUT2D eigenvalue weighted by molar-refractivity contribution is 0.219. The van der Waals surface area contributed by atoms with Crippen molar-refractivity contribution in [2.24, 2.45) is 5.92 Å². The Labute approximate surface area is 106 Å². The van der Waals surface area contributed by atoms with Crippen LogP contribution in [0.25, 0.3) is 0 Å². The molecule has 1 aromatic rings. The summed E-state index contributed by atoms with van der Waals surface area (Å²) >= 11 is 5.81. The highest BCUT2D eigenvalue weighted by molar-refractivity contribution is 6.30. The van der Waals surface area contributed by atoms with Gasteiger partial charge in [-0.1, -0.05) is 17.7 Å². The fourth-order valence-corrected chi connectivity index (χ4v) is 1.51. The maximum atomic E-state index is 11.7. The zero-order valence-electron chi connectivity index (χ0n) is 9.77. The summed E-state index contributed by atoms with van der Waals surface area (Å²) in [5, 5.41) is 11.9. The van der Waals surface area contributed by atoms with Gasteiger partial charge in [-0.2, -0.15) is 5.26 Å². The molecule has 90 valence electrons. The van der Waals surface area contributed by atoms with Crippen LogP contribution in [-0.4, -0.2) is 24.5 Å². The van der Waals surface area contributed by atoms with Gasteiger partial charge in [0, 0.05) is 24.3 Å². The van der Waals surface area contributed by atoms with Gasteiger partial charge in [0.05, 0.1) is 12.0 Å². The number of hydrogen-bond acceptors (Lipinski definition) is 2. The predicted octanol–water partition coefficient (Wildman–Crippen LogP) is 2.96. The molecule has 2 amide bonds. The lowest BCUT2D eigenvalue weighted by Gasteiger charge is -2.18. The summed E-state index contributed by atoms with van der Waals surface area (Å²) in [4.78, 5) is 13.2. The SMILES string of the molecule is C[C@@H](C#N)CN(C)C(=O)Nc1cccc(Cl)c1. The molecule has 5 heteroatoms. The molecule has 0 bridgehead atoms. The average molecular weight is 252 g/mol. The lowest BCUT2D eigenvalue weighted by Crippen LogP contribution is -2.34. The van der Waals surface area contributed by atoms with Crippen LogP contribution in [0.1, 0.15) is 6.92 Å². The minimum absolute atomic E-state index is 0.190. The number of carbonyl (C=O) groups excluding carboxylic acids is 1. The normalized spacial score (nSPS) is 11.4. The molecule has 1 rings (SSSR count). The van der Waals surface area contributed by atoms with Crippen LogP contribution >= 0.6 is 11.6 Å². The van der Waals surface area contributed by atoms with Crippen molar-refractivity contribution in [3.8, 4) is 6.07 Å². The molecule has 0 unspecified atom stereocenters. The Hall–Kier alpha value is -1.73. The molecule has 1 atom stereocenters. The first-order valence-electron chi connectivity index (χ1n) is 5.20. The second-order valence-corrected chi connectivity index (χ2v) is 4.29. The molecule has 0 aliphatic carbocycles. The van der Waals surface area contributed by atoms with Crippen molar-refractivity contribution < 1.29 is 4.79 Å². The van der Waals surface area contributed by atoms with Gasteiger partial charge in [-0.3, -0.25) is 0 Å². The highest BCUT2D eigenvalue weighted by atomic mass is 35.5. The van der Waals surface area contributed by atoms with E-state index in [0.29, 0.717) is 17.3 Å². The first-order chi connectivity index (χ1) is 8.02. The molecule has 1 N–H and O–H groups in total. The van der Waals surface area contributed by atoms with E-state index < -0.39 is 0 Å². The second-order valence-electron chi connectivity index (χ2n) is 3.85. The van der Waals surface area contributed by atoms with Crippen LogP contribution in [0.5, 0.6) is 0 Å². The molecule has 0 aromatic heterocycles. The topological polar surface area (TPSA) is 56.1 Å². The van der Waals surface area contributed by atoms with Crippen LogP contribution in [-0.2, 0) is 0 Å². The van der Waals surface area contributed by atoms with Crippen molar-refractivity contribution in [1.29, 1.82) is 5.26 Å². The minimum atomic E-state index is -0.255. The molecule has 17 heavy (non-hydrogen) atoms. The number of rotatable bonds is 3. The Balaban J connectivity index is 2.58. The van der Waals surface area contributed by atoms with E-state index in [2.05, 4.69) is 11.4 Å². The van der Waals surface area contributed by atoms with E-state index in [-0.39, 0.29) is 11.9 Å². The van der Waals surface area contributed by atoms with Crippen LogP contribution in [0.15, 0.2) is 24.3 Å². The zero-order chi connectivity index (χ0) is 12.8. The Kier molecular flexibility index (Phi) is 4.80. The number of urea groups is 1. The Bertz CT molecular complexity index is 442. The number of anilines is 1. The van der Waals surface area contributed by atoms with Crippen LogP contribution in [0.2, 0.25) is 5.02 Å². The Morgan fingerprint density at radius 2 is 2.35 bits per heavy atom. The van der Waals surface area contributed by atoms with Gasteiger partial charge in [-0.25, -0.2) is 4.79 Å². The Morgan fingerprint density at radius 1 is 1.65 bits per heavy atom. The van der Waals surface area contributed by atoms with Gasteiger partial charge in [0.2, 0.25) is 0 Å². The third-order valence-corrected chi connectivity index (χ3v) is 2.43. The summed E-state index contributed by atoms with van der Waals surface area (Å²) < 4.78 is 0. The van der Waals surface area contributed by atoms with E-state index in [4.69, 9.17) is 16.9 Å². The molecular weight excluding hydrogens is 238 g/mol. The number of halogens is 1. The van der Waals surface area contributed by atoms with Gasteiger partial charge in [-0.05, 0) is 25.1 Å². The quantitative estimate of drug-likeness (QED) is 0.898. The summed E-state index contributed by atoms with van der Waals surface area (Å²) in [5.41, 5.74) is 0.638. The first-order valence-corrected chi connectivity index (χ1v) is 5.58. The monoisotopic (exact) mass is 251 g/mol. The van der Waals surface area contributed by atoms with E-state index in [9.17, 15) is 4.79 Å². The number of hydrogen-bond donors (Lipinski definition) is 1. The molecule has 0 fully saturated rings. The molecule has 1 aromatic carbocycles. The van der Waals surface area contributed by atoms with E-state index in [1.807, 2.05) is 0 Å². The fraction of sp³-hybridized carbons (Fsp3) is 0.333. The van der Waals surface area contributed by atoms with E-state index in [0.717, 1.165) is 0 Å². The van der Waals surface area contributed by atoms with Crippen molar-refractivity contribution in [2.45, 2.75) is 6.92 Å². The molecular formula is C12H14ClN3O. The zero-order valence-corrected chi connectivity index (χ0v) is 10.5. The average Bonchev–Trinajstić information content (AvgIpc) is 2.28. The first kappa shape index (κ1) is 13.3. The number of benzene rings is 1. The molecule has 0 aliphatic rings. The van der Waals surface area contributed by atoms with Crippen molar-refractivity contribution in [1.82, 2.24) is 4.90 Å². The summed E-state index contributed by atoms with van der Waals surface area (Å²) in [6, 6.07) is 8.74. The van der Waals surface area contributed by atoms with Crippen molar-refractivity contribution >= 4 is 23.3 Å². The van der Waals surface area contributed by atoms with Gasteiger partial charge in [0.15, 0.2) is 0 Å². The molecule has 0 heterocycles. The maximum Gasteiger partial charge on any atom is 0.321 e. The second kappa shape index (κ2) is 6.12. The van der Waals surface area contributed by atoms with E-state index >= 15 is 0 Å². The Morgan fingerprint density at radius 3 is 2.94 bits per heavy atom. The molecule has 4 nitrogen and oxygen atoms in total. The van der Waals surface area contributed by atoms with Gasteiger partial charge in [-0.15, -0.1) is 0 Å². The number of nitriles is 1. The fourth-order valence-electron chi connectivity index (χ4n) is 1.32. The van der Waals surface area contributed by atoms with E-state index in [1.165, 1.54) is 4.90 Å². The van der Waals surface area contributed by atoms with Gasteiger partial charge in [0.25, 0.3) is 0 Å². The molecule has 0 radical (unpaired) electrons. The lowest BCUT2D eigenvalue weighted by atomic mass is 10.2.